The number of methoxy groups -OCH3 is 1. The molecule has 8 nitrogen and oxygen atoms in total. The number of fused-ring (bicyclic) bond motifs is 1. The van der Waals surface area contributed by atoms with Gasteiger partial charge in [0, 0.05) is 7.11 Å². The zero-order valence-corrected chi connectivity index (χ0v) is 8.95. The Morgan fingerprint density at radius 2 is 2.47 bits per heavy atom. The Bertz CT molecular complexity index is 476. The summed E-state index contributed by atoms with van der Waals surface area (Å²) in [5.41, 5.74) is -0.185. The predicted molar refractivity (Wildman–Crippen MR) is 55.7 cm³/mol. The van der Waals surface area contributed by atoms with Gasteiger partial charge in [-0.1, -0.05) is 0 Å². The Morgan fingerprint density at radius 3 is 3.12 bits per heavy atom. The molecule has 8 heteroatoms. The minimum Gasteiger partial charge on any atom is -0.480 e. The van der Waals surface area contributed by atoms with Crippen LogP contribution >= 0.6 is 0 Å². The van der Waals surface area contributed by atoms with Crippen molar-refractivity contribution in [2.24, 2.45) is 0 Å². The van der Waals surface area contributed by atoms with Crippen LogP contribution in [0, 0.1) is 10.1 Å². The second kappa shape index (κ2) is 4.34. The highest BCUT2D eigenvalue weighted by Crippen LogP contribution is 2.32. The molecule has 90 valence electrons. The van der Waals surface area contributed by atoms with Crippen LogP contribution in [0.15, 0.2) is 12.3 Å². The van der Waals surface area contributed by atoms with Crippen LogP contribution in [0.25, 0.3) is 0 Å². The lowest BCUT2D eigenvalue weighted by Gasteiger charge is -2.26. The number of aromatic nitrogens is 1. The normalized spacial score (nSPS) is 14.2. The van der Waals surface area contributed by atoms with Gasteiger partial charge in [-0.05, 0) is 0 Å². The van der Waals surface area contributed by atoms with Crippen LogP contribution in [0.1, 0.15) is 0 Å². The molecule has 0 atom stereocenters. The number of anilines is 1. The van der Waals surface area contributed by atoms with Crippen molar-refractivity contribution in [1.29, 1.82) is 0 Å². The van der Waals surface area contributed by atoms with E-state index in [1.165, 1.54) is 18.1 Å². The number of rotatable bonds is 3. The number of nitro groups is 1. The molecule has 2 heterocycles. The Hall–Kier alpha value is -2.22. The fraction of sp³-hybridized carbons (Fsp3) is 0.333. The first-order chi connectivity index (χ1) is 8.13. The third kappa shape index (κ3) is 2.02. The average molecular weight is 239 g/mol. The number of nitrogens with zero attached hydrogens (tertiary/aromatic N) is 3. The second-order valence-electron chi connectivity index (χ2n) is 3.30. The standard InChI is InChI=1S/C9H9N3O5/c1-16-5-11-8(13)4-17-7-2-6(12(14)15)3-10-9(7)11/h2-3H,4-5H2,1H3. The molecule has 0 radical (unpaired) electrons. The van der Waals surface area contributed by atoms with E-state index in [2.05, 4.69) is 4.98 Å². The highest BCUT2D eigenvalue weighted by atomic mass is 16.6. The van der Waals surface area contributed by atoms with Crippen LogP contribution in [0.3, 0.4) is 0 Å². The Balaban J connectivity index is 2.40. The van der Waals surface area contributed by atoms with Gasteiger partial charge in [0.2, 0.25) is 0 Å². The zero-order chi connectivity index (χ0) is 12.4. The van der Waals surface area contributed by atoms with Gasteiger partial charge in [-0.25, -0.2) is 4.98 Å². The van der Waals surface area contributed by atoms with Crippen molar-refractivity contribution in [3.05, 3.63) is 22.4 Å². The van der Waals surface area contributed by atoms with Crippen molar-refractivity contribution in [1.82, 2.24) is 4.98 Å². The van der Waals surface area contributed by atoms with E-state index in [4.69, 9.17) is 9.47 Å². The van der Waals surface area contributed by atoms with Crippen LogP contribution < -0.4 is 9.64 Å². The number of hydrogen-bond acceptors (Lipinski definition) is 6. The van der Waals surface area contributed by atoms with Crippen molar-refractivity contribution in [2.45, 2.75) is 0 Å². The highest BCUT2D eigenvalue weighted by molar-refractivity contribution is 5.96. The average Bonchev–Trinajstić information content (AvgIpc) is 2.32. The van der Waals surface area contributed by atoms with Gasteiger partial charge in [-0.3, -0.25) is 19.8 Å². The van der Waals surface area contributed by atoms with E-state index in [1.807, 2.05) is 0 Å². The number of hydrogen-bond donors (Lipinski definition) is 0. The van der Waals surface area contributed by atoms with Crippen LogP contribution in [-0.2, 0) is 9.53 Å². The van der Waals surface area contributed by atoms with Crippen molar-refractivity contribution in [2.75, 3.05) is 25.3 Å². The molecule has 0 unspecified atom stereocenters. The fourth-order valence-electron chi connectivity index (χ4n) is 1.43. The first-order valence-corrected chi connectivity index (χ1v) is 4.70. The van der Waals surface area contributed by atoms with E-state index >= 15 is 0 Å². The summed E-state index contributed by atoms with van der Waals surface area (Å²) in [4.78, 5) is 26.6. The first kappa shape index (κ1) is 11.3. The molecule has 17 heavy (non-hydrogen) atoms. The molecule has 1 amide bonds. The van der Waals surface area contributed by atoms with E-state index < -0.39 is 4.92 Å². The van der Waals surface area contributed by atoms with Gasteiger partial charge >= 0.3 is 0 Å². The molecule has 0 bridgehead atoms. The lowest BCUT2D eigenvalue weighted by atomic mass is 10.3. The molecular weight excluding hydrogens is 230 g/mol. The van der Waals surface area contributed by atoms with E-state index in [0.717, 1.165) is 6.20 Å². The maximum Gasteiger partial charge on any atom is 0.291 e. The molecule has 0 spiro atoms. The molecule has 0 N–H and O–H groups in total. The van der Waals surface area contributed by atoms with E-state index in [0.29, 0.717) is 0 Å². The quantitative estimate of drug-likeness (QED) is 0.556. The van der Waals surface area contributed by atoms with Gasteiger partial charge in [0.25, 0.3) is 11.6 Å². The van der Waals surface area contributed by atoms with Gasteiger partial charge in [0.15, 0.2) is 18.2 Å². The number of pyridine rings is 1. The molecule has 0 fully saturated rings. The minimum absolute atomic E-state index is 0.0278. The molecule has 0 aliphatic carbocycles. The molecule has 0 saturated carbocycles. The topological polar surface area (TPSA) is 94.8 Å². The van der Waals surface area contributed by atoms with Crippen LogP contribution in [0.2, 0.25) is 0 Å². The minimum atomic E-state index is -0.576. The van der Waals surface area contributed by atoms with E-state index in [9.17, 15) is 14.9 Å². The summed E-state index contributed by atoms with van der Waals surface area (Å²) in [7, 11) is 1.44. The van der Waals surface area contributed by atoms with Crippen LogP contribution in [0.5, 0.6) is 5.75 Å². The second-order valence-corrected chi connectivity index (χ2v) is 3.30. The maximum absolute atomic E-state index is 11.5. The molecular formula is C9H9N3O5. The Kier molecular flexibility index (Phi) is 2.88. The van der Waals surface area contributed by atoms with Gasteiger partial charge in [0.05, 0.1) is 11.0 Å². The van der Waals surface area contributed by atoms with E-state index in [1.54, 1.807) is 0 Å². The summed E-state index contributed by atoms with van der Waals surface area (Å²) < 4.78 is 9.95. The van der Waals surface area contributed by atoms with Gasteiger partial charge < -0.3 is 9.47 Å². The van der Waals surface area contributed by atoms with Crippen LogP contribution in [-0.4, -0.2) is 36.3 Å². The van der Waals surface area contributed by atoms with E-state index in [-0.39, 0.29) is 36.5 Å². The number of ether oxygens (including phenoxy) is 2. The molecule has 2 rings (SSSR count). The van der Waals surface area contributed by atoms with Crippen molar-refractivity contribution in [3.63, 3.8) is 0 Å². The fourth-order valence-corrected chi connectivity index (χ4v) is 1.43. The SMILES string of the molecule is COCN1C(=O)COc2cc([N+](=O)[O-])cnc21. The monoisotopic (exact) mass is 239 g/mol. The number of carbonyl (C=O) groups excluding carboxylic acids is 1. The van der Waals surface area contributed by atoms with Crippen LogP contribution in [0.4, 0.5) is 11.5 Å². The van der Waals surface area contributed by atoms with Gasteiger partial charge in [-0.15, -0.1) is 0 Å². The first-order valence-electron chi connectivity index (χ1n) is 4.70. The molecule has 1 aromatic rings. The molecule has 1 aliphatic heterocycles. The van der Waals surface area contributed by atoms with Crippen molar-refractivity contribution < 1.29 is 19.2 Å². The lowest BCUT2D eigenvalue weighted by molar-refractivity contribution is -0.385. The smallest absolute Gasteiger partial charge is 0.291 e. The third-order valence-corrected chi connectivity index (χ3v) is 2.20. The summed E-state index contributed by atoms with van der Waals surface area (Å²) in [6.45, 7) is -0.154. The molecule has 1 aliphatic rings. The van der Waals surface area contributed by atoms with Crippen molar-refractivity contribution in [3.8, 4) is 5.75 Å². The summed E-state index contributed by atoms with van der Waals surface area (Å²) in [6, 6.07) is 1.23. The van der Waals surface area contributed by atoms with Crippen molar-refractivity contribution >= 4 is 17.4 Å². The number of amides is 1. The summed E-state index contributed by atoms with van der Waals surface area (Å²) in [6.07, 6.45) is 1.07. The van der Waals surface area contributed by atoms with Gasteiger partial charge in [-0.2, -0.15) is 0 Å². The molecule has 0 aromatic carbocycles. The summed E-state index contributed by atoms with van der Waals surface area (Å²) in [5, 5.41) is 10.6. The Morgan fingerprint density at radius 1 is 1.71 bits per heavy atom. The third-order valence-electron chi connectivity index (χ3n) is 2.20. The molecule has 1 aromatic heterocycles. The zero-order valence-electron chi connectivity index (χ0n) is 8.95. The Labute approximate surface area is 95.9 Å². The predicted octanol–water partition coefficient (Wildman–Crippen LogP) is 0.319. The highest BCUT2D eigenvalue weighted by Gasteiger charge is 2.28. The summed E-state index contributed by atoms with van der Waals surface area (Å²) in [5.74, 6) is 0.130. The largest absolute Gasteiger partial charge is 0.480 e. The van der Waals surface area contributed by atoms with Gasteiger partial charge in [0.1, 0.15) is 12.9 Å². The number of carbonyl (C=O) groups is 1. The molecule has 0 saturated heterocycles. The summed E-state index contributed by atoms with van der Waals surface area (Å²) >= 11 is 0. The maximum atomic E-state index is 11.5. The lowest BCUT2D eigenvalue weighted by Crippen LogP contribution is -2.40.